The molecule has 88 valence electrons. The number of morpholine rings is 1. The van der Waals surface area contributed by atoms with Crippen LogP contribution in [-0.2, 0) is 4.74 Å². The Bertz CT molecular complexity index is 189. The van der Waals surface area contributed by atoms with Gasteiger partial charge in [0.1, 0.15) is 0 Å². The van der Waals surface area contributed by atoms with Crippen LogP contribution in [0.15, 0.2) is 0 Å². The Morgan fingerprint density at radius 3 is 2.80 bits per heavy atom. The van der Waals surface area contributed by atoms with Crippen LogP contribution in [-0.4, -0.2) is 56.4 Å². The molecule has 0 aromatic carbocycles. The lowest BCUT2D eigenvalue weighted by atomic mass is 10.3. The fourth-order valence-corrected chi connectivity index (χ4v) is 1.58. The third-order valence-corrected chi connectivity index (χ3v) is 2.55. The summed E-state index contributed by atoms with van der Waals surface area (Å²) in [5.41, 5.74) is 0. The minimum Gasteiger partial charge on any atom is -0.378 e. The fourth-order valence-electron chi connectivity index (χ4n) is 1.58. The lowest BCUT2D eigenvalue weighted by Crippen LogP contribution is -2.50. The van der Waals surface area contributed by atoms with E-state index in [1.807, 2.05) is 13.8 Å². The van der Waals surface area contributed by atoms with Gasteiger partial charge in [-0.15, -0.1) is 0 Å². The zero-order valence-corrected chi connectivity index (χ0v) is 9.58. The predicted molar refractivity (Wildman–Crippen MR) is 58.9 cm³/mol. The van der Waals surface area contributed by atoms with E-state index in [2.05, 4.69) is 10.6 Å². The van der Waals surface area contributed by atoms with Crippen molar-refractivity contribution in [3.8, 4) is 0 Å². The highest BCUT2D eigenvalue weighted by Gasteiger charge is 2.15. The smallest absolute Gasteiger partial charge is 0.317 e. The first kappa shape index (κ1) is 12.3. The van der Waals surface area contributed by atoms with Gasteiger partial charge in [0.05, 0.1) is 13.2 Å². The molecule has 1 atom stereocenters. The summed E-state index contributed by atoms with van der Waals surface area (Å²) in [4.78, 5) is 13.4. The molecule has 0 bridgehead atoms. The topological polar surface area (TPSA) is 53.6 Å². The number of carbonyl (C=O) groups is 1. The maximum Gasteiger partial charge on any atom is 0.317 e. The Morgan fingerprint density at radius 2 is 2.27 bits per heavy atom. The first-order valence-corrected chi connectivity index (χ1v) is 5.61. The number of rotatable bonds is 4. The average molecular weight is 215 g/mol. The molecule has 5 heteroatoms. The quantitative estimate of drug-likeness (QED) is 0.695. The summed E-state index contributed by atoms with van der Waals surface area (Å²) in [5.74, 6) is 0. The predicted octanol–water partition coefficient (Wildman–Crippen LogP) is 0.0262. The van der Waals surface area contributed by atoms with Crippen molar-refractivity contribution < 1.29 is 9.53 Å². The van der Waals surface area contributed by atoms with Crippen LogP contribution in [0.25, 0.3) is 0 Å². The van der Waals surface area contributed by atoms with Crippen LogP contribution in [0, 0.1) is 0 Å². The van der Waals surface area contributed by atoms with Crippen molar-refractivity contribution >= 4 is 6.03 Å². The second-order valence-corrected chi connectivity index (χ2v) is 3.58. The van der Waals surface area contributed by atoms with E-state index in [1.165, 1.54) is 0 Å². The van der Waals surface area contributed by atoms with Crippen LogP contribution in [0.1, 0.15) is 13.8 Å². The minimum absolute atomic E-state index is 0.00683. The van der Waals surface area contributed by atoms with E-state index in [9.17, 15) is 4.79 Å². The van der Waals surface area contributed by atoms with Crippen molar-refractivity contribution in [3.05, 3.63) is 0 Å². The van der Waals surface area contributed by atoms with Crippen LogP contribution in [0.4, 0.5) is 4.79 Å². The molecule has 2 N–H and O–H groups in total. The first-order chi connectivity index (χ1) is 7.27. The Labute approximate surface area is 91.2 Å². The van der Waals surface area contributed by atoms with E-state index in [0.717, 1.165) is 26.2 Å². The van der Waals surface area contributed by atoms with Crippen LogP contribution in [0.5, 0.6) is 0 Å². The monoisotopic (exact) mass is 215 g/mol. The van der Waals surface area contributed by atoms with Gasteiger partial charge in [-0.25, -0.2) is 4.79 Å². The van der Waals surface area contributed by atoms with Gasteiger partial charge in [0.2, 0.25) is 0 Å². The second kappa shape index (κ2) is 6.63. The fraction of sp³-hybridized carbons (Fsp3) is 0.900. The zero-order chi connectivity index (χ0) is 11.1. The number of hydrogen-bond acceptors (Lipinski definition) is 3. The van der Waals surface area contributed by atoms with Gasteiger partial charge in [-0.2, -0.15) is 0 Å². The molecule has 2 amide bonds. The van der Waals surface area contributed by atoms with Crippen LogP contribution in [0.3, 0.4) is 0 Å². The van der Waals surface area contributed by atoms with Crippen molar-refractivity contribution in [3.63, 3.8) is 0 Å². The van der Waals surface area contributed by atoms with Crippen molar-refractivity contribution in [1.82, 2.24) is 15.5 Å². The number of hydrogen-bond donors (Lipinski definition) is 2. The van der Waals surface area contributed by atoms with Crippen LogP contribution < -0.4 is 10.6 Å². The largest absolute Gasteiger partial charge is 0.378 e. The zero-order valence-electron chi connectivity index (χ0n) is 9.58. The molecule has 1 aliphatic rings. The number of nitrogens with zero attached hydrogens (tertiary/aromatic N) is 1. The standard InChI is InChI=1S/C10H21N3O2/c1-3-13(4-2)10(14)12-7-9-8-15-6-5-11-9/h9,11H,3-8H2,1-2H3,(H,12,14). The van der Waals surface area contributed by atoms with Gasteiger partial charge in [0.25, 0.3) is 0 Å². The Kier molecular flexibility index (Phi) is 5.42. The van der Waals surface area contributed by atoms with E-state index in [4.69, 9.17) is 4.74 Å². The van der Waals surface area contributed by atoms with Gasteiger partial charge in [0, 0.05) is 32.2 Å². The number of ether oxygens (including phenoxy) is 1. The van der Waals surface area contributed by atoms with E-state index in [0.29, 0.717) is 13.2 Å². The molecule has 0 aromatic heterocycles. The highest BCUT2D eigenvalue weighted by molar-refractivity contribution is 5.74. The molecule has 0 saturated carbocycles. The summed E-state index contributed by atoms with van der Waals surface area (Å²) in [6.45, 7) is 8.39. The van der Waals surface area contributed by atoms with E-state index < -0.39 is 0 Å². The van der Waals surface area contributed by atoms with Gasteiger partial charge >= 0.3 is 6.03 Å². The van der Waals surface area contributed by atoms with Crippen LogP contribution >= 0.6 is 0 Å². The molecule has 15 heavy (non-hydrogen) atoms. The van der Waals surface area contributed by atoms with Crippen molar-refractivity contribution in [2.75, 3.05) is 39.4 Å². The molecule has 0 spiro atoms. The van der Waals surface area contributed by atoms with Gasteiger partial charge in [-0.1, -0.05) is 0 Å². The highest BCUT2D eigenvalue weighted by atomic mass is 16.5. The minimum atomic E-state index is 0.00683. The average Bonchev–Trinajstić information content (AvgIpc) is 2.29. The molecule has 1 unspecified atom stereocenters. The maximum absolute atomic E-state index is 11.6. The SMILES string of the molecule is CCN(CC)C(=O)NCC1COCCN1. The molecule has 0 aliphatic carbocycles. The number of carbonyl (C=O) groups excluding carboxylic acids is 1. The Morgan fingerprint density at radius 1 is 1.53 bits per heavy atom. The van der Waals surface area contributed by atoms with Crippen LogP contribution in [0.2, 0.25) is 0 Å². The molecule has 0 aromatic rings. The summed E-state index contributed by atoms with van der Waals surface area (Å²) in [6, 6.07) is 0.255. The Balaban J connectivity index is 2.20. The first-order valence-electron chi connectivity index (χ1n) is 5.61. The normalized spacial score (nSPS) is 21.1. The third kappa shape index (κ3) is 4.05. The summed E-state index contributed by atoms with van der Waals surface area (Å²) in [5, 5.41) is 6.19. The maximum atomic E-state index is 11.6. The van der Waals surface area contributed by atoms with Crippen molar-refractivity contribution in [1.29, 1.82) is 0 Å². The second-order valence-electron chi connectivity index (χ2n) is 3.58. The number of nitrogens with one attached hydrogen (secondary N) is 2. The van der Waals surface area contributed by atoms with E-state index >= 15 is 0 Å². The molecule has 1 fully saturated rings. The number of amides is 2. The highest BCUT2D eigenvalue weighted by Crippen LogP contribution is 1.93. The van der Waals surface area contributed by atoms with Crippen molar-refractivity contribution in [2.24, 2.45) is 0 Å². The summed E-state index contributed by atoms with van der Waals surface area (Å²) in [6.07, 6.45) is 0. The van der Waals surface area contributed by atoms with Crippen molar-refractivity contribution in [2.45, 2.75) is 19.9 Å². The van der Waals surface area contributed by atoms with E-state index in [1.54, 1.807) is 4.90 Å². The summed E-state index contributed by atoms with van der Waals surface area (Å²) < 4.78 is 5.30. The molecular formula is C10H21N3O2. The molecule has 0 radical (unpaired) electrons. The van der Waals surface area contributed by atoms with Gasteiger partial charge in [-0.05, 0) is 13.8 Å². The number of urea groups is 1. The molecular weight excluding hydrogens is 194 g/mol. The van der Waals surface area contributed by atoms with E-state index in [-0.39, 0.29) is 12.1 Å². The Hall–Kier alpha value is -0.810. The lowest BCUT2D eigenvalue weighted by Gasteiger charge is -2.26. The summed E-state index contributed by atoms with van der Waals surface area (Å²) in [7, 11) is 0. The molecule has 1 rings (SSSR count). The van der Waals surface area contributed by atoms with Gasteiger partial charge in [0.15, 0.2) is 0 Å². The molecule has 1 saturated heterocycles. The summed E-state index contributed by atoms with van der Waals surface area (Å²) >= 11 is 0. The molecule has 5 nitrogen and oxygen atoms in total. The molecule has 1 aliphatic heterocycles. The van der Waals surface area contributed by atoms with Gasteiger partial charge in [-0.3, -0.25) is 0 Å². The lowest BCUT2D eigenvalue weighted by molar-refractivity contribution is 0.0769. The van der Waals surface area contributed by atoms with Gasteiger partial charge < -0.3 is 20.3 Å². The third-order valence-electron chi connectivity index (χ3n) is 2.55. The molecule has 1 heterocycles.